The molecule has 422 valence electrons. The summed E-state index contributed by atoms with van der Waals surface area (Å²) in [5.41, 5.74) is 37.9. The number of aliphatic hydroxyl groups excluding tert-OH is 6. The molecule has 1 amide bonds. The Balaban J connectivity index is 0.933. The summed E-state index contributed by atoms with van der Waals surface area (Å²) in [6.07, 6.45) is -9.12. The molecule has 7 rings (SSSR count). The van der Waals surface area contributed by atoms with Gasteiger partial charge in [0.2, 0.25) is 5.91 Å². The van der Waals surface area contributed by atoms with E-state index < -0.39 is 116 Å². The first kappa shape index (κ1) is 59.5. The van der Waals surface area contributed by atoms with Gasteiger partial charge in [-0.3, -0.25) is 9.59 Å². The van der Waals surface area contributed by atoms with Crippen molar-refractivity contribution < 1.29 is 68.6 Å². The molecule has 19 unspecified atom stereocenters. The van der Waals surface area contributed by atoms with Crippen molar-refractivity contribution in [3.8, 4) is 10.7 Å². The second-order valence-electron chi connectivity index (χ2n) is 20.0. The lowest BCUT2D eigenvalue weighted by atomic mass is 9.80. The number of nitrogens with zero attached hydrogens (tertiary/aromatic N) is 5. The van der Waals surface area contributed by atoms with Crippen LogP contribution in [-0.2, 0) is 52.6 Å². The zero-order valence-corrected chi connectivity index (χ0v) is 43.8. The van der Waals surface area contributed by atoms with Gasteiger partial charge in [0, 0.05) is 68.3 Å². The Bertz CT molecular complexity index is 2230. The number of nitrogens with two attached hydrogens (primary N) is 6. The van der Waals surface area contributed by atoms with Crippen LogP contribution < -0.4 is 39.7 Å². The minimum Gasteiger partial charge on any atom is -0.390 e. The van der Waals surface area contributed by atoms with Crippen LogP contribution in [0.1, 0.15) is 92.3 Å². The van der Waals surface area contributed by atoms with E-state index in [1.165, 1.54) is 33.8 Å². The molecule has 28 heteroatoms. The van der Waals surface area contributed by atoms with Gasteiger partial charge in [-0.25, -0.2) is 14.6 Å². The Kier molecular flexibility index (Phi) is 22.3. The molecule has 0 radical (unpaired) electrons. The van der Waals surface area contributed by atoms with Crippen molar-refractivity contribution in [1.29, 1.82) is 0 Å². The number of nitrogens with one attached hydrogen (secondary N) is 1. The van der Waals surface area contributed by atoms with Crippen molar-refractivity contribution in [3.05, 3.63) is 33.4 Å². The standard InChI is InChI=1S/C47H78N12O14S2/c1-22-15-24(51)41(71-45-33(52)38(65)36(63)28(16-49)68-45)43(35(22)62)73-47-40(67)42(72-46-34(53)39(66)37(64)29(17-50)69-46)30(70-47)19-59-18-23(57-58-59)10-11-31(61)54-14-12-32-55-26(21-74-32)44-56-25(20-75-44)27(60)9-7-5-3-2-4-6-8-13-48/h18,20-22,24,28-30,33-43,45-47,62-67H,2-17,19,48-53H2,1H3,(H,54,61). The number of Topliss-reactive ketones (excluding diaryl/α,β-unsaturated/α-hetero) is 1. The number of hydrogen-bond donors (Lipinski definition) is 13. The number of aliphatic hydroxyl groups is 6. The van der Waals surface area contributed by atoms with Gasteiger partial charge in [-0.1, -0.05) is 44.2 Å². The van der Waals surface area contributed by atoms with Crippen LogP contribution in [0.15, 0.2) is 17.0 Å². The number of ketones is 1. The third-order valence-corrected chi connectivity index (χ3v) is 16.1. The second kappa shape index (κ2) is 28.1. The minimum atomic E-state index is -1.62. The van der Waals surface area contributed by atoms with Crippen molar-refractivity contribution >= 4 is 34.4 Å². The van der Waals surface area contributed by atoms with Crippen LogP contribution in [0.2, 0.25) is 0 Å². The number of hydrogen-bond acceptors (Lipinski definition) is 26. The van der Waals surface area contributed by atoms with Crippen LogP contribution in [0.3, 0.4) is 0 Å². The third kappa shape index (κ3) is 15.1. The SMILES string of the molecule is CC1CC(N)C(OC2OC(CN)C(O)C(O)C2N)C(OC2OC(Cn3cc(CCC(=O)NCCc4nc(-c5nc(C(=O)CCCCCCCCCN)cs5)cs4)nn3)C(OC3OC(CN)C(O)C(O)C3N)C2O)C1O. The summed E-state index contributed by atoms with van der Waals surface area (Å²) >= 11 is 2.84. The molecule has 3 saturated heterocycles. The summed E-state index contributed by atoms with van der Waals surface area (Å²) in [5, 5.41) is 82.4. The van der Waals surface area contributed by atoms with Gasteiger partial charge in [0.05, 0.1) is 35.4 Å². The van der Waals surface area contributed by atoms with Gasteiger partial charge in [0.25, 0.3) is 0 Å². The molecule has 1 aliphatic carbocycles. The maximum atomic E-state index is 13.0. The van der Waals surface area contributed by atoms with Gasteiger partial charge < -0.3 is 98.8 Å². The van der Waals surface area contributed by atoms with E-state index in [4.69, 9.17) is 62.8 Å². The molecule has 4 aliphatic rings. The fourth-order valence-corrected chi connectivity index (χ4v) is 11.4. The van der Waals surface area contributed by atoms with Crippen molar-refractivity contribution in [2.45, 2.75) is 201 Å². The predicted molar refractivity (Wildman–Crippen MR) is 271 cm³/mol. The van der Waals surface area contributed by atoms with Gasteiger partial charge in [0.15, 0.2) is 24.7 Å². The topological polar surface area (TPSA) is 436 Å². The number of thiazole rings is 2. The Hall–Kier alpha value is -3.18. The number of carbonyl (C=O) groups excluding carboxylic acids is 2. The van der Waals surface area contributed by atoms with Gasteiger partial charge in [-0.2, -0.15) is 0 Å². The predicted octanol–water partition coefficient (Wildman–Crippen LogP) is -3.15. The lowest BCUT2D eigenvalue weighted by Gasteiger charge is -2.47. The summed E-state index contributed by atoms with van der Waals surface area (Å²) in [6, 6.07) is -3.31. The summed E-state index contributed by atoms with van der Waals surface area (Å²) in [5.74, 6) is -0.608. The molecule has 3 aliphatic heterocycles. The van der Waals surface area contributed by atoms with Crippen LogP contribution in [-0.4, -0.2) is 204 Å². The Morgan fingerprint density at radius 2 is 1.32 bits per heavy atom. The highest BCUT2D eigenvalue weighted by atomic mass is 32.1. The fourth-order valence-electron chi connectivity index (χ4n) is 9.79. The number of amides is 1. The van der Waals surface area contributed by atoms with Crippen LogP contribution in [0.25, 0.3) is 10.7 Å². The zero-order chi connectivity index (χ0) is 53.9. The van der Waals surface area contributed by atoms with Gasteiger partial charge in [0.1, 0.15) is 83.5 Å². The number of rotatable bonds is 27. The quantitative estimate of drug-likeness (QED) is 0.0265. The number of aryl methyl sites for hydroxylation is 1. The Morgan fingerprint density at radius 1 is 0.707 bits per heavy atom. The van der Waals surface area contributed by atoms with E-state index in [1.54, 1.807) is 18.5 Å². The van der Waals surface area contributed by atoms with E-state index in [9.17, 15) is 40.2 Å². The molecule has 26 nitrogen and oxygen atoms in total. The average Bonchev–Trinajstić information content (AvgIpc) is 4.23. The summed E-state index contributed by atoms with van der Waals surface area (Å²) < 4.78 is 38.2. The first-order valence-electron chi connectivity index (χ1n) is 26.0. The van der Waals surface area contributed by atoms with Crippen molar-refractivity contribution in [2.75, 3.05) is 26.2 Å². The maximum absolute atomic E-state index is 13.0. The Morgan fingerprint density at radius 3 is 1.97 bits per heavy atom. The number of unbranched alkanes of at least 4 members (excludes halogenated alkanes) is 6. The maximum Gasteiger partial charge on any atom is 0.220 e. The highest BCUT2D eigenvalue weighted by Crippen LogP contribution is 2.37. The van der Waals surface area contributed by atoms with E-state index in [2.05, 4.69) is 25.6 Å². The van der Waals surface area contributed by atoms with Crippen molar-refractivity contribution in [3.63, 3.8) is 0 Å². The molecule has 0 bridgehead atoms. The normalized spacial score (nSPS) is 35.2. The van der Waals surface area contributed by atoms with Crippen molar-refractivity contribution in [1.82, 2.24) is 30.3 Å². The number of carbonyl (C=O) groups is 2. The molecule has 19 N–H and O–H groups in total. The molecule has 0 aromatic carbocycles. The fraction of sp³-hybridized carbons (Fsp3) is 0.787. The second-order valence-corrected chi connectivity index (χ2v) is 21.8. The molecule has 6 heterocycles. The molecule has 0 spiro atoms. The van der Waals surface area contributed by atoms with Gasteiger partial charge >= 0.3 is 0 Å². The largest absolute Gasteiger partial charge is 0.390 e. The van der Waals surface area contributed by atoms with Crippen LogP contribution in [0, 0.1) is 5.92 Å². The molecule has 4 fully saturated rings. The molecule has 1 saturated carbocycles. The third-order valence-electron chi connectivity index (χ3n) is 14.3. The van der Waals surface area contributed by atoms with E-state index >= 15 is 0 Å². The minimum absolute atomic E-state index is 0.0372. The molecular formula is C47H78N12O14S2. The van der Waals surface area contributed by atoms with E-state index in [0.29, 0.717) is 41.5 Å². The van der Waals surface area contributed by atoms with E-state index in [-0.39, 0.29) is 50.6 Å². The number of ether oxygens (including phenoxy) is 6. The van der Waals surface area contributed by atoms with Gasteiger partial charge in [-0.15, -0.1) is 27.8 Å². The summed E-state index contributed by atoms with van der Waals surface area (Å²) in [7, 11) is 0. The van der Waals surface area contributed by atoms with Crippen LogP contribution >= 0.6 is 22.7 Å². The average molecular weight is 1100 g/mol. The van der Waals surface area contributed by atoms with E-state index in [1.807, 2.05) is 5.38 Å². The Labute approximate surface area is 443 Å². The lowest BCUT2D eigenvalue weighted by molar-refractivity contribution is -0.309. The smallest absolute Gasteiger partial charge is 0.220 e. The highest BCUT2D eigenvalue weighted by Gasteiger charge is 2.54. The molecular weight excluding hydrogens is 1020 g/mol. The summed E-state index contributed by atoms with van der Waals surface area (Å²) in [4.78, 5) is 35.0. The van der Waals surface area contributed by atoms with Crippen LogP contribution in [0.4, 0.5) is 0 Å². The lowest BCUT2D eigenvalue weighted by Crippen LogP contribution is -2.66. The van der Waals surface area contributed by atoms with E-state index in [0.717, 1.165) is 50.1 Å². The monoisotopic (exact) mass is 1100 g/mol. The molecule has 19 atom stereocenters. The highest BCUT2D eigenvalue weighted by molar-refractivity contribution is 7.14. The first-order valence-corrected chi connectivity index (χ1v) is 27.7. The summed E-state index contributed by atoms with van der Waals surface area (Å²) in [6.45, 7) is 2.37. The van der Waals surface area contributed by atoms with Gasteiger partial charge in [-0.05, 0) is 31.7 Å². The number of aromatic nitrogens is 5. The van der Waals surface area contributed by atoms with Crippen molar-refractivity contribution in [2.24, 2.45) is 40.3 Å². The molecule has 75 heavy (non-hydrogen) atoms. The first-order chi connectivity index (χ1) is 36.0. The molecule has 3 aromatic heterocycles. The molecule has 3 aromatic rings. The zero-order valence-electron chi connectivity index (χ0n) is 42.2. The van der Waals surface area contributed by atoms with Crippen LogP contribution in [0.5, 0.6) is 0 Å².